The van der Waals surface area contributed by atoms with Crippen LogP contribution in [-0.4, -0.2) is 38.0 Å². The Balaban J connectivity index is 4.87. The number of hydrogen-bond acceptors (Lipinski definition) is 6. The molecule has 25 heavy (non-hydrogen) atoms. The first-order valence-corrected chi connectivity index (χ1v) is 8.48. The Morgan fingerprint density at radius 1 is 0.840 bits per heavy atom. The average molecular weight is 358 g/mol. The number of esters is 1. The van der Waals surface area contributed by atoms with Crippen LogP contribution in [0.25, 0.3) is 0 Å². The first-order chi connectivity index (χ1) is 10.9. The molecule has 0 unspecified atom stereocenters. The first-order valence-electron chi connectivity index (χ1n) is 8.48. The first kappa shape index (κ1) is 23.3. The van der Waals surface area contributed by atoms with E-state index < -0.39 is 28.3 Å². The minimum Gasteiger partial charge on any atom is -0.600 e. The molecule has 0 amide bonds. The molecule has 0 aliphatic heterocycles. The van der Waals surface area contributed by atoms with Gasteiger partial charge in [-0.15, -0.1) is 0 Å². The molecular weight excluding hydrogens is 324 g/mol. The zero-order valence-electron chi connectivity index (χ0n) is 17.3. The molecule has 0 fully saturated rings. The Labute approximate surface area is 151 Å². The van der Waals surface area contributed by atoms with Crippen molar-refractivity contribution in [1.82, 2.24) is 0 Å². The van der Waals surface area contributed by atoms with Crippen molar-refractivity contribution in [2.45, 2.75) is 104 Å². The van der Waals surface area contributed by atoms with Crippen molar-refractivity contribution in [1.29, 1.82) is 0 Å². The van der Waals surface area contributed by atoms with Gasteiger partial charge in [-0.3, -0.25) is 4.79 Å². The maximum Gasteiger partial charge on any atom is 0.308 e. The Bertz CT molecular complexity index is 538. The molecule has 0 saturated carbocycles. The van der Waals surface area contributed by atoms with Gasteiger partial charge in [-0.1, -0.05) is 9.72 Å². The number of ether oxygens (including phenoxy) is 1. The van der Waals surface area contributed by atoms with Gasteiger partial charge in [-0.05, 0) is 25.4 Å². The summed E-state index contributed by atoms with van der Waals surface area (Å²) in [5, 5.41) is 31.9. The van der Waals surface area contributed by atoms with E-state index in [0.717, 1.165) is 0 Å². The van der Waals surface area contributed by atoms with Crippen molar-refractivity contribution in [2.75, 3.05) is 0 Å². The molecule has 0 aromatic rings. The Kier molecular flexibility index (Phi) is 7.13. The predicted octanol–water partition coefficient (Wildman–Crippen LogP) is 4.35. The second-order valence-corrected chi connectivity index (χ2v) is 9.32. The fraction of sp³-hybridized carbons (Fsp3) is 0.941. The van der Waals surface area contributed by atoms with E-state index in [0.29, 0.717) is 16.1 Å². The van der Waals surface area contributed by atoms with Gasteiger partial charge in [0.2, 0.25) is 0 Å². The largest absolute Gasteiger partial charge is 0.600 e. The van der Waals surface area contributed by atoms with Crippen LogP contribution in [0.5, 0.6) is 0 Å². The number of carbonyl (C=O) groups is 1. The lowest BCUT2D eigenvalue weighted by Gasteiger charge is -2.24. The highest BCUT2D eigenvalue weighted by molar-refractivity contribution is 5.69. The number of carbonyl (C=O) groups excluding carboxylic acids is 1. The minimum absolute atomic E-state index is 0.0712. The summed E-state index contributed by atoms with van der Waals surface area (Å²) >= 11 is 0. The summed E-state index contributed by atoms with van der Waals surface area (Å²) in [7, 11) is 0. The molecule has 0 aliphatic rings. The number of nitrogens with zero attached hydrogens (tertiary/aromatic N) is 4. The summed E-state index contributed by atoms with van der Waals surface area (Å²) in [5.74, 6) is -0.493. The van der Waals surface area contributed by atoms with Gasteiger partial charge in [0, 0.05) is 66.9 Å². The molecule has 0 aromatic heterocycles. The van der Waals surface area contributed by atoms with Gasteiger partial charge in [0.25, 0.3) is 5.72 Å². The topological polar surface area (TPSA) is 103 Å². The van der Waals surface area contributed by atoms with Crippen molar-refractivity contribution < 1.29 is 19.3 Å². The molecule has 0 aliphatic carbocycles. The number of hydroxylamine groups is 2. The Morgan fingerprint density at radius 3 is 1.64 bits per heavy atom. The molecule has 0 atom stereocenters. The van der Waals surface area contributed by atoms with E-state index >= 15 is 0 Å². The summed E-state index contributed by atoms with van der Waals surface area (Å²) in [4.78, 5) is 13.3. The van der Waals surface area contributed by atoms with Gasteiger partial charge < -0.3 is 15.2 Å². The third-order valence-electron chi connectivity index (χ3n) is 3.15. The normalized spacial score (nSPS) is 15.3. The van der Waals surface area contributed by atoms with Crippen molar-refractivity contribution in [3.05, 3.63) is 10.4 Å². The molecule has 146 valence electrons. The minimum atomic E-state index is -1.26. The van der Waals surface area contributed by atoms with Crippen LogP contribution in [-0.2, 0) is 9.53 Å². The van der Waals surface area contributed by atoms with E-state index in [1.54, 1.807) is 69.2 Å². The second-order valence-electron chi connectivity index (χ2n) is 9.32. The van der Waals surface area contributed by atoms with Crippen molar-refractivity contribution in [2.24, 2.45) is 10.2 Å². The maximum atomic E-state index is 12.1. The van der Waals surface area contributed by atoms with Crippen LogP contribution in [0.1, 0.15) is 82.1 Å². The molecule has 0 saturated heterocycles. The molecule has 0 bridgehead atoms. The zero-order valence-corrected chi connectivity index (χ0v) is 17.3. The van der Waals surface area contributed by atoms with Crippen LogP contribution in [0.3, 0.4) is 0 Å². The van der Waals surface area contributed by atoms with Gasteiger partial charge in [0.1, 0.15) is 5.54 Å². The predicted molar refractivity (Wildman–Crippen MR) is 95.1 cm³/mol. The van der Waals surface area contributed by atoms with Crippen LogP contribution in [0, 0.1) is 10.4 Å². The fourth-order valence-electron chi connectivity index (χ4n) is 1.57. The lowest BCUT2D eigenvalue weighted by Crippen LogP contribution is -2.34. The van der Waals surface area contributed by atoms with Gasteiger partial charge in [0.15, 0.2) is 11.1 Å². The SMILES string of the molecule is CC(C)(CCC(=O)OC(C)(C)N=[N+]([O-])C(C)(C)C)N=[N+]([O-])C(C)(C)C. The summed E-state index contributed by atoms with van der Waals surface area (Å²) < 4.78 is 5.29. The third kappa shape index (κ3) is 9.36. The molecular formula is C17H34N4O4. The summed E-state index contributed by atoms with van der Waals surface area (Å²) in [5.41, 5.74) is -3.31. The van der Waals surface area contributed by atoms with Crippen LogP contribution in [0.2, 0.25) is 0 Å². The molecule has 0 rings (SSSR count). The van der Waals surface area contributed by atoms with E-state index in [1.807, 2.05) is 0 Å². The smallest absolute Gasteiger partial charge is 0.308 e. The van der Waals surface area contributed by atoms with Gasteiger partial charge in [-0.2, -0.15) is 0 Å². The highest BCUT2D eigenvalue weighted by Gasteiger charge is 2.32. The summed E-state index contributed by atoms with van der Waals surface area (Å²) in [6.45, 7) is 17.1. The molecule has 0 spiro atoms. The third-order valence-corrected chi connectivity index (χ3v) is 3.15. The Morgan fingerprint density at radius 2 is 1.24 bits per heavy atom. The highest BCUT2D eigenvalue weighted by atomic mass is 16.6. The van der Waals surface area contributed by atoms with Crippen LogP contribution in [0.15, 0.2) is 10.2 Å². The number of azo groups is 2. The maximum absolute atomic E-state index is 12.1. The summed E-state index contributed by atoms with van der Waals surface area (Å²) in [6, 6.07) is 0. The fourth-order valence-corrected chi connectivity index (χ4v) is 1.57. The lowest BCUT2D eigenvalue weighted by molar-refractivity contribution is -0.608. The van der Waals surface area contributed by atoms with E-state index in [1.165, 1.54) is 0 Å². The quantitative estimate of drug-likeness (QED) is 0.305. The average Bonchev–Trinajstić information content (AvgIpc) is 2.32. The zero-order chi connectivity index (χ0) is 20.3. The van der Waals surface area contributed by atoms with E-state index in [2.05, 4.69) is 10.2 Å². The van der Waals surface area contributed by atoms with Gasteiger partial charge in [0.05, 0.1) is 0 Å². The molecule has 0 N–H and O–H groups in total. The molecule has 0 radical (unpaired) electrons. The van der Waals surface area contributed by atoms with E-state index in [9.17, 15) is 15.2 Å². The van der Waals surface area contributed by atoms with Gasteiger partial charge >= 0.3 is 5.97 Å². The van der Waals surface area contributed by atoms with Crippen LogP contribution >= 0.6 is 0 Å². The van der Waals surface area contributed by atoms with Crippen molar-refractivity contribution in [3.63, 3.8) is 0 Å². The lowest BCUT2D eigenvalue weighted by atomic mass is 10.00. The van der Waals surface area contributed by atoms with Crippen LogP contribution in [0.4, 0.5) is 0 Å². The molecule has 0 aromatic carbocycles. The molecule has 0 heterocycles. The summed E-state index contributed by atoms with van der Waals surface area (Å²) in [6.07, 6.45) is 0.416. The molecule has 8 nitrogen and oxygen atoms in total. The number of rotatable bonds is 6. The highest BCUT2D eigenvalue weighted by Crippen LogP contribution is 2.22. The van der Waals surface area contributed by atoms with Gasteiger partial charge in [-0.25, -0.2) is 0 Å². The van der Waals surface area contributed by atoms with Crippen molar-refractivity contribution >= 4 is 5.97 Å². The van der Waals surface area contributed by atoms with E-state index in [4.69, 9.17) is 4.74 Å². The van der Waals surface area contributed by atoms with E-state index in [-0.39, 0.29) is 6.42 Å². The Hall–Kier alpha value is -1.73. The second kappa shape index (κ2) is 7.66. The molecule has 8 heteroatoms. The van der Waals surface area contributed by atoms with Crippen molar-refractivity contribution in [3.8, 4) is 0 Å². The van der Waals surface area contributed by atoms with Crippen LogP contribution < -0.4 is 0 Å². The number of hydrogen-bond donors (Lipinski definition) is 0. The standard InChI is InChI=1S/C17H34N4O4/c1-14(2,3)20(23)18-16(7,8)12-11-13(22)25-17(9,10)19-21(24)15(4,5)6/h11-12H2,1-10H3. The monoisotopic (exact) mass is 358 g/mol.